The Hall–Kier alpha value is -1.43. The molecular weight excluding hydrogens is 268 g/mol. The van der Waals surface area contributed by atoms with Crippen LogP contribution in [0.5, 0.6) is 0 Å². The van der Waals surface area contributed by atoms with E-state index in [2.05, 4.69) is 4.90 Å². The van der Waals surface area contributed by atoms with Gasteiger partial charge in [-0.3, -0.25) is 9.69 Å². The van der Waals surface area contributed by atoms with E-state index in [0.29, 0.717) is 18.6 Å². The van der Waals surface area contributed by atoms with Gasteiger partial charge >= 0.3 is 5.97 Å². The molecule has 0 amide bonds. The highest BCUT2D eigenvalue weighted by Gasteiger charge is 2.38. The first-order chi connectivity index (χ1) is 10.2. The molecule has 0 saturated carbocycles. The Labute approximate surface area is 125 Å². The van der Waals surface area contributed by atoms with Crippen molar-refractivity contribution in [2.24, 2.45) is 5.73 Å². The van der Waals surface area contributed by atoms with Crippen LogP contribution in [0.15, 0.2) is 30.3 Å². The van der Waals surface area contributed by atoms with Crippen molar-refractivity contribution < 1.29 is 14.3 Å². The fourth-order valence-electron chi connectivity index (χ4n) is 3.01. The highest BCUT2D eigenvalue weighted by Crippen LogP contribution is 2.27. The number of rotatable bonds is 6. The first-order valence-electron chi connectivity index (χ1n) is 7.54. The first-order valence-corrected chi connectivity index (χ1v) is 7.54. The molecule has 2 N–H and O–H groups in total. The van der Waals surface area contributed by atoms with E-state index in [-0.39, 0.29) is 12.6 Å². The molecule has 0 spiro atoms. The van der Waals surface area contributed by atoms with E-state index in [1.807, 2.05) is 30.3 Å². The first kappa shape index (κ1) is 14.5. The molecule has 2 heterocycles. The molecule has 0 aromatic heterocycles. The second kappa shape index (κ2) is 6.56. The molecule has 1 aromatic rings. The Bertz CT molecular complexity index is 480. The van der Waals surface area contributed by atoms with Gasteiger partial charge in [0, 0.05) is 19.1 Å². The number of nitrogens with two attached hydrogens (primary N) is 1. The summed E-state index contributed by atoms with van der Waals surface area (Å²) in [6.45, 7) is 2.91. The third kappa shape index (κ3) is 3.61. The Morgan fingerprint density at radius 2 is 2.24 bits per heavy atom. The molecular formula is C16H22N2O3. The second-order valence-corrected chi connectivity index (χ2v) is 5.83. The van der Waals surface area contributed by atoms with Gasteiger partial charge in [0.25, 0.3) is 0 Å². The van der Waals surface area contributed by atoms with Crippen LogP contribution in [0.25, 0.3) is 0 Å². The minimum atomic E-state index is -0.547. The Balaban J connectivity index is 1.38. The third-order valence-electron chi connectivity index (χ3n) is 4.27. The van der Waals surface area contributed by atoms with Crippen molar-refractivity contribution in [1.29, 1.82) is 0 Å². The van der Waals surface area contributed by atoms with Gasteiger partial charge in [-0.25, -0.2) is 0 Å². The lowest BCUT2D eigenvalue weighted by Gasteiger charge is -2.27. The lowest BCUT2D eigenvalue weighted by Crippen LogP contribution is -2.41. The fourth-order valence-corrected chi connectivity index (χ4v) is 3.01. The van der Waals surface area contributed by atoms with Crippen molar-refractivity contribution >= 4 is 5.97 Å². The molecule has 5 nitrogen and oxygen atoms in total. The van der Waals surface area contributed by atoms with Crippen molar-refractivity contribution in [2.45, 2.75) is 37.6 Å². The van der Waals surface area contributed by atoms with Gasteiger partial charge in [-0.05, 0) is 18.4 Å². The van der Waals surface area contributed by atoms with Crippen LogP contribution in [0.1, 0.15) is 18.4 Å². The van der Waals surface area contributed by atoms with Gasteiger partial charge in [0.1, 0.15) is 12.6 Å². The highest BCUT2D eigenvalue weighted by atomic mass is 16.5. The van der Waals surface area contributed by atoms with Gasteiger partial charge in [0.2, 0.25) is 0 Å². The molecule has 2 bridgehead atoms. The topological polar surface area (TPSA) is 64.8 Å². The number of hydrogen-bond acceptors (Lipinski definition) is 5. The van der Waals surface area contributed by atoms with E-state index in [0.717, 1.165) is 31.7 Å². The normalized spacial score (nSPS) is 26.0. The maximum Gasteiger partial charge on any atom is 0.323 e. The zero-order chi connectivity index (χ0) is 14.7. The predicted molar refractivity (Wildman–Crippen MR) is 78.5 cm³/mol. The number of nitrogens with zero attached hydrogens (tertiary/aromatic N) is 1. The maximum absolute atomic E-state index is 11.9. The number of fused-ring (bicyclic) bond motifs is 2. The van der Waals surface area contributed by atoms with Crippen molar-refractivity contribution in [2.75, 3.05) is 19.7 Å². The molecule has 1 aromatic carbocycles. The number of esters is 1. The molecule has 0 unspecified atom stereocenters. The standard InChI is InChI=1S/C16H22N2O3/c17-15(6-7-18-9-14-8-13(18)11-20-14)16(19)21-10-12-4-2-1-3-5-12/h1-5,13-15H,6-11,17H2/t13-,14-,15-/m0/s1. The average molecular weight is 290 g/mol. The predicted octanol–water partition coefficient (Wildman–Crippen LogP) is 0.920. The third-order valence-corrected chi connectivity index (χ3v) is 4.27. The van der Waals surface area contributed by atoms with Crippen LogP contribution in [0.2, 0.25) is 0 Å². The van der Waals surface area contributed by atoms with Crippen molar-refractivity contribution in [3.8, 4) is 0 Å². The summed E-state index contributed by atoms with van der Waals surface area (Å²) in [5.41, 5.74) is 6.90. The van der Waals surface area contributed by atoms with Gasteiger partial charge in [0.15, 0.2) is 0 Å². The average Bonchev–Trinajstić information content (AvgIpc) is 3.14. The molecule has 0 aliphatic carbocycles. The van der Waals surface area contributed by atoms with Gasteiger partial charge in [-0.1, -0.05) is 30.3 Å². The molecule has 2 aliphatic rings. The number of carbonyl (C=O) groups is 1. The number of ether oxygens (including phenoxy) is 2. The second-order valence-electron chi connectivity index (χ2n) is 5.83. The van der Waals surface area contributed by atoms with Crippen LogP contribution in [0, 0.1) is 0 Å². The molecule has 2 fully saturated rings. The van der Waals surface area contributed by atoms with Crippen molar-refractivity contribution in [3.05, 3.63) is 35.9 Å². The van der Waals surface area contributed by atoms with Crippen LogP contribution in [0.3, 0.4) is 0 Å². The molecule has 2 saturated heterocycles. The van der Waals surface area contributed by atoms with Crippen molar-refractivity contribution in [3.63, 3.8) is 0 Å². The molecule has 3 rings (SSSR count). The molecule has 3 atom stereocenters. The SMILES string of the molecule is N[C@@H](CCN1C[C@@H]2C[C@H]1CO2)C(=O)OCc1ccccc1. The summed E-state index contributed by atoms with van der Waals surface area (Å²) >= 11 is 0. The lowest BCUT2D eigenvalue weighted by atomic mass is 10.2. The summed E-state index contributed by atoms with van der Waals surface area (Å²) in [5, 5.41) is 0. The van der Waals surface area contributed by atoms with E-state index >= 15 is 0 Å². The summed E-state index contributed by atoms with van der Waals surface area (Å²) in [6, 6.07) is 9.61. The maximum atomic E-state index is 11.9. The minimum absolute atomic E-state index is 0.287. The zero-order valence-corrected chi connectivity index (χ0v) is 12.1. The van der Waals surface area contributed by atoms with Crippen LogP contribution in [0.4, 0.5) is 0 Å². The quantitative estimate of drug-likeness (QED) is 0.789. The zero-order valence-electron chi connectivity index (χ0n) is 12.1. The Morgan fingerprint density at radius 3 is 2.90 bits per heavy atom. The van der Waals surface area contributed by atoms with Crippen LogP contribution >= 0.6 is 0 Å². The van der Waals surface area contributed by atoms with Crippen molar-refractivity contribution in [1.82, 2.24) is 4.90 Å². The number of carbonyl (C=O) groups excluding carboxylic acids is 1. The largest absolute Gasteiger partial charge is 0.460 e. The summed E-state index contributed by atoms with van der Waals surface area (Å²) in [4.78, 5) is 14.3. The summed E-state index contributed by atoms with van der Waals surface area (Å²) < 4.78 is 10.8. The Morgan fingerprint density at radius 1 is 1.43 bits per heavy atom. The smallest absolute Gasteiger partial charge is 0.323 e. The molecule has 21 heavy (non-hydrogen) atoms. The molecule has 0 radical (unpaired) electrons. The lowest BCUT2D eigenvalue weighted by molar-refractivity contribution is -0.146. The number of hydrogen-bond donors (Lipinski definition) is 1. The van der Waals surface area contributed by atoms with Gasteiger partial charge in [-0.15, -0.1) is 0 Å². The van der Waals surface area contributed by atoms with Gasteiger partial charge in [0.05, 0.1) is 12.7 Å². The van der Waals surface area contributed by atoms with E-state index in [1.54, 1.807) is 0 Å². The summed E-state index contributed by atoms with van der Waals surface area (Å²) in [5.74, 6) is -0.320. The van der Waals surface area contributed by atoms with E-state index < -0.39 is 6.04 Å². The van der Waals surface area contributed by atoms with Gasteiger partial charge < -0.3 is 15.2 Å². The fraction of sp³-hybridized carbons (Fsp3) is 0.562. The number of benzene rings is 1. The monoisotopic (exact) mass is 290 g/mol. The number of morpholine rings is 1. The molecule has 114 valence electrons. The highest BCUT2D eigenvalue weighted by molar-refractivity contribution is 5.75. The van der Waals surface area contributed by atoms with E-state index in [4.69, 9.17) is 15.2 Å². The number of likely N-dealkylation sites (tertiary alicyclic amines) is 1. The molecule has 2 aliphatic heterocycles. The van der Waals surface area contributed by atoms with E-state index in [1.165, 1.54) is 0 Å². The van der Waals surface area contributed by atoms with Crippen LogP contribution in [-0.2, 0) is 20.9 Å². The summed E-state index contributed by atoms with van der Waals surface area (Å²) in [6.07, 6.45) is 2.14. The minimum Gasteiger partial charge on any atom is -0.460 e. The summed E-state index contributed by atoms with van der Waals surface area (Å²) in [7, 11) is 0. The van der Waals surface area contributed by atoms with E-state index in [9.17, 15) is 4.79 Å². The van der Waals surface area contributed by atoms with Gasteiger partial charge in [-0.2, -0.15) is 0 Å². The van der Waals surface area contributed by atoms with Crippen LogP contribution < -0.4 is 5.73 Å². The molecule has 5 heteroatoms. The van der Waals surface area contributed by atoms with Crippen LogP contribution in [-0.4, -0.2) is 48.8 Å². The Kier molecular flexibility index (Phi) is 4.53.